The second-order valence-corrected chi connectivity index (χ2v) is 3.83. The Bertz CT molecular complexity index is 355. The number of aromatic nitrogens is 2. The fourth-order valence-electron chi connectivity index (χ4n) is 1.30. The van der Waals surface area contributed by atoms with Gasteiger partial charge in [0.25, 0.3) is 0 Å². The molecule has 0 aliphatic carbocycles. The largest absolute Gasteiger partial charge is 0.388 e. The Labute approximate surface area is 87.1 Å². The maximum absolute atomic E-state index is 10.8. The first-order chi connectivity index (χ1) is 6.75. The van der Waals surface area contributed by atoms with E-state index >= 15 is 0 Å². The average Bonchev–Trinajstić information content (AvgIpc) is 2.78. The number of hydrogen-bond donors (Lipinski definition) is 2. The molecule has 0 unspecified atom stereocenters. The number of rotatable bonds is 1. The maximum Gasteiger partial charge on any atom is 0.322 e. The summed E-state index contributed by atoms with van der Waals surface area (Å²) in [4.78, 5) is 10.7. The highest BCUT2D eigenvalue weighted by molar-refractivity contribution is 7.08. The summed E-state index contributed by atoms with van der Waals surface area (Å²) in [5.41, 5.74) is 1.03. The van der Waals surface area contributed by atoms with Gasteiger partial charge >= 0.3 is 4.87 Å². The molecule has 0 aromatic carbocycles. The molecule has 1 saturated heterocycles. The highest BCUT2D eigenvalue weighted by Crippen LogP contribution is 2.25. The lowest BCUT2D eigenvalue weighted by Gasteiger charge is -1.98. The third-order valence-electron chi connectivity index (χ3n) is 1.90. The van der Waals surface area contributed by atoms with E-state index < -0.39 is 0 Å². The summed E-state index contributed by atoms with van der Waals surface area (Å²) in [6, 6.07) is 0. The summed E-state index contributed by atoms with van der Waals surface area (Å²) in [5.74, 6) is 0.335. The minimum Gasteiger partial charge on any atom is -0.388 e. The van der Waals surface area contributed by atoms with E-state index in [0.717, 1.165) is 23.7 Å². The third-order valence-corrected chi connectivity index (χ3v) is 2.81. The van der Waals surface area contributed by atoms with Crippen LogP contribution >= 0.6 is 11.3 Å². The molecule has 0 saturated carbocycles. The summed E-state index contributed by atoms with van der Waals surface area (Å²) in [6.07, 6.45) is 0.890. The van der Waals surface area contributed by atoms with Crippen LogP contribution in [0.25, 0.3) is 0 Å². The van der Waals surface area contributed by atoms with E-state index in [4.69, 9.17) is 0 Å². The van der Waals surface area contributed by atoms with Gasteiger partial charge in [0.2, 0.25) is 0 Å². The molecule has 1 aromatic heterocycles. The summed E-state index contributed by atoms with van der Waals surface area (Å²) in [5, 5.41) is 10.4. The fraction of sp³-hybridized carbons (Fsp3) is 0.556. The zero-order valence-corrected chi connectivity index (χ0v) is 9.28. The molecule has 1 fully saturated rings. The van der Waals surface area contributed by atoms with Gasteiger partial charge in [0.1, 0.15) is 5.01 Å². The number of nitrogens with zero attached hydrogens (tertiary/aromatic N) is 1. The lowest BCUT2D eigenvalue weighted by molar-refractivity contribution is 0.741. The summed E-state index contributed by atoms with van der Waals surface area (Å²) in [6.45, 7) is 8.66. The Morgan fingerprint density at radius 2 is 2.29 bits per heavy atom. The summed E-state index contributed by atoms with van der Waals surface area (Å²) < 4.78 is 0. The normalized spacial score (nSPS) is 19.9. The van der Waals surface area contributed by atoms with Gasteiger partial charge in [-0.25, -0.2) is 5.10 Å². The zero-order valence-electron chi connectivity index (χ0n) is 8.46. The quantitative estimate of drug-likeness (QED) is 0.742. The minimum atomic E-state index is -0.0810. The van der Waals surface area contributed by atoms with Crippen LogP contribution in [-0.4, -0.2) is 16.7 Å². The van der Waals surface area contributed by atoms with Crippen LogP contribution in [0.5, 0.6) is 0 Å². The molecule has 2 rings (SSSR count). The molecule has 2 N–H and O–H groups in total. The molecule has 0 amide bonds. The van der Waals surface area contributed by atoms with E-state index in [-0.39, 0.29) is 4.87 Å². The van der Waals surface area contributed by atoms with Gasteiger partial charge in [0.15, 0.2) is 0 Å². The van der Waals surface area contributed by atoms with Crippen molar-refractivity contribution < 1.29 is 0 Å². The summed E-state index contributed by atoms with van der Waals surface area (Å²) >= 11 is 1.18. The topological polar surface area (TPSA) is 57.8 Å². The molecule has 2 heterocycles. The van der Waals surface area contributed by atoms with Crippen molar-refractivity contribution in [1.29, 1.82) is 0 Å². The van der Waals surface area contributed by atoms with E-state index in [1.54, 1.807) is 0 Å². The number of H-pyrrole nitrogens is 1. The SMILES string of the molecule is C=C1C[C@@H](c2n[nH]c(=O)s2)CN1.CC. The second-order valence-electron chi connectivity index (χ2n) is 2.84. The van der Waals surface area contributed by atoms with E-state index in [9.17, 15) is 4.79 Å². The maximum atomic E-state index is 10.8. The molecule has 0 radical (unpaired) electrons. The monoisotopic (exact) mass is 213 g/mol. The standard InChI is InChI=1S/C7H9N3OS.C2H6/c1-4-2-5(3-8-4)6-9-10-7(11)12-6;1-2/h5,8H,1-3H2,(H,10,11);1-2H3/t5-;/m1./s1. The first-order valence-electron chi connectivity index (χ1n) is 4.73. The second kappa shape index (κ2) is 4.95. The first-order valence-corrected chi connectivity index (χ1v) is 5.54. The molecule has 1 aromatic rings. The van der Waals surface area contributed by atoms with E-state index in [0.29, 0.717) is 5.92 Å². The molecule has 1 aliphatic rings. The highest BCUT2D eigenvalue weighted by atomic mass is 32.1. The van der Waals surface area contributed by atoms with Crippen molar-refractivity contribution in [3.05, 3.63) is 27.0 Å². The van der Waals surface area contributed by atoms with E-state index in [1.165, 1.54) is 11.3 Å². The fourth-order valence-corrected chi connectivity index (χ4v) is 2.01. The highest BCUT2D eigenvalue weighted by Gasteiger charge is 2.22. The van der Waals surface area contributed by atoms with Crippen molar-refractivity contribution >= 4 is 11.3 Å². The third kappa shape index (κ3) is 2.45. The van der Waals surface area contributed by atoms with Crippen LogP contribution in [0.3, 0.4) is 0 Å². The lowest BCUT2D eigenvalue weighted by atomic mass is 10.1. The van der Waals surface area contributed by atoms with Gasteiger partial charge < -0.3 is 5.32 Å². The Morgan fingerprint density at radius 3 is 2.71 bits per heavy atom. The van der Waals surface area contributed by atoms with Crippen LogP contribution in [0, 0.1) is 0 Å². The smallest absolute Gasteiger partial charge is 0.322 e. The van der Waals surface area contributed by atoms with Crippen molar-refractivity contribution in [2.45, 2.75) is 26.2 Å². The van der Waals surface area contributed by atoms with Crippen LogP contribution in [0.2, 0.25) is 0 Å². The Morgan fingerprint density at radius 1 is 1.57 bits per heavy atom. The van der Waals surface area contributed by atoms with Crippen LogP contribution in [-0.2, 0) is 0 Å². The Hall–Kier alpha value is -1.10. The van der Waals surface area contributed by atoms with Crippen LogP contribution < -0.4 is 10.2 Å². The number of aromatic amines is 1. The van der Waals surface area contributed by atoms with Gasteiger partial charge in [0, 0.05) is 18.2 Å². The van der Waals surface area contributed by atoms with Crippen LogP contribution in [0.1, 0.15) is 31.2 Å². The molecule has 0 spiro atoms. The molecule has 1 atom stereocenters. The first kappa shape index (κ1) is 11.0. The predicted octanol–water partition coefficient (Wildman–Crippen LogP) is 1.45. The van der Waals surface area contributed by atoms with Crippen LogP contribution in [0.4, 0.5) is 0 Å². The van der Waals surface area contributed by atoms with Crippen molar-refractivity contribution in [2.24, 2.45) is 0 Å². The number of nitrogens with one attached hydrogen (secondary N) is 2. The summed E-state index contributed by atoms with van der Waals surface area (Å²) in [7, 11) is 0. The molecule has 14 heavy (non-hydrogen) atoms. The van der Waals surface area contributed by atoms with Crippen LogP contribution in [0.15, 0.2) is 17.1 Å². The number of allylic oxidation sites excluding steroid dienone is 1. The van der Waals surface area contributed by atoms with Gasteiger partial charge in [-0.1, -0.05) is 31.8 Å². The number of hydrogen-bond acceptors (Lipinski definition) is 4. The van der Waals surface area contributed by atoms with Crippen molar-refractivity contribution in [3.63, 3.8) is 0 Å². The van der Waals surface area contributed by atoms with Gasteiger partial charge in [-0.2, -0.15) is 5.10 Å². The van der Waals surface area contributed by atoms with Crippen molar-refractivity contribution in [2.75, 3.05) is 6.54 Å². The van der Waals surface area contributed by atoms with Crippen molar-refractivity contribution in [3.8, 4) is 0 Å². The zero-order chi connectivity index (χ0) is 10.6. The Balaban J connectivity index is 0.000000461. The Kier molecular flexibility index (Phi) is 3.88. The van der Waals surface area contributed by atoms with Gasteiger partial charge in [-0.3, -0.25) is 4.79 Å². The van der Waals surface area contributed by atoms with Gasteiger partial charge in [-0.15, -0.1) is 0 Å². The molecular weight excluding hydrogens is 198 g/mol. The predicted molar refractivity (Wildman–Crippen MR) is 58.6 cm³/mol. The molecular formula is C9H15N3OS. The molecule has 1 aliphatic heterocycles. The van der Waals surface area contributed by atoms with Crippen molar-refractivity contribution in [1.82, 2.24) is 15.5 Å². The van der Waals surface area contributed by atoms with E-state index in [1.807, 2.05) is 13.8 Å². The average molecular weight is 213 g/mol. The molecule has 78 valence electrons. The molecule has 0 bridgehead atoms. The van der Waals surface area contributed by atoms with Gasteiger partial charge in [0.05, 0.1) is 0 Å². The lowest BCUT2D eigenvalue weighted by Crippen LogP contribution is -2.06. The van der Waals surface area contributed by atoms with E-state index in [2.05, 4.69) is 22.1 Å². The minimum absolute atomic E-state index is 0.0810. The van der Waals surface area contributed by atoms with Gasteiger partial charge in [-0.05, 0) is 6.42 Å². The molecule has 4 nitrogen and oxygen atoms in total. The molecule has 5 heteroatoms.